The SMILES string of the molecule is COc1ccc(COC(=O)N[C@@H](CCC(=O)OCc2ccccc2)C(N)=O)cc1. The Hall–Kier alpha value is -3.55. The number of benzene rings is 2. The van der Waals surface area contributed by atoms with E-state index >= 15 is 0 Å². The minimum absolute atomic E-state index is 0.0143. The van der Waals surface area contributed by atoms with Crippen LogP contribution in [0.4, 0.5) is 4.79 Å². The van der Waals surface area contributed by atoms with Gasteiger partial charge in [-0.1, -0.05) is 42.5 Å². The molecule has 0 saturated heterocycles. The molecule has 0 radical (unpaired) electrons. The summed E-state index contributed by atoms with van der Waals surface area (Å²) in [5, 5.41) is 2.37. The molecule has 0 heterocycles. The molecule has 0 unspecified atom stereocenters. The first-order valence-electron chi connectivity index (χ1n) is 9.03. The fourth-order valence-electron chi connectivity index (χ4n) is 2.41. The Morgan fingerprint density at radius 3 is 2.17 bits per heavy atom. The average Bonchev–Trinajstić information content (AvgIpc) is 2.74. The third kappa shape index (κ3) is 7.92. The Bertz CT molecular complexity index is 808. The molecule has 3 N–H and O–H groups in total. The lowest BCUT2D eigenvalue weighted by atomic mass is 10.1. The highest BCUT2D eigenvalue weighted by atomic mass is 16.5. The van der Waals surface area contributed by atoms with Gasteiger partial charge in [0.1, 0.15) is 25.0 Å². The van der Waals surface area contributed by atoms with Gasteiger partial charge in [0.05, 0.1) is 7.11 Å². The molecule has 0 aliphatic rings. The van der Waals surface area contributed by atoms with Crippen molar-refractivity contribution in [3.63, 3.8) is 0 Å². The number of ether oxygens (including phenoxy) is 3. The van der Waals surface area contributed by atoms with Gasteiger partial charge in [-0.05, 0) is 29.7 Å². The quantitative estimate of drug-likeness (QED) is 0.591. The van der Waals surface area contributed by atoms with Gasteiger partial charge in [0.2, 0.25) is 5.91 Å². The van der Waals surface area contributed by atoms with Crippen LogP contribution in [0.25, 0.3) is 0 Å². The van der Waals surface area contributed by atoms with E-state index in [1.807, 2.05) is 30.3 Å². The highest BCUT2D eigenvalue weighted by Crippen LogP contribution is 2.12. The van der Waals surface area contributed by atoms with Crippen LogP contribution >= 0.6 is 0 Å². The molecule has 2 amide bonds. The molecule has 0 aromatic heterocycles. The molecule has 8 nitrogen and oxygen atoms in total. The van der Waals surface area contributed by atoms with Gasteiger partial charge in [0, 0.05) is 6.42 Å². The lowest BCUT2D eigenvalue weighted by Gasteiger charge is -2.15. The van der Waals surface area contributed by atoms with Crippen LogP contribution in [0.1, 0.15) is 24.0 Å². The standard InChI is InChI=1S/C21H24N2O6/c1-27-17-9-7-16(8-10-17)14-29-21(26)23-18(20(22)25)11-12-19(24)28-13-15-5-3-2-4-6-15/h2-10,18H,11-14H2,1H3,(H2,22,25)(H,23,26)/t18-/m0/s1. The van der Waals surface area contributed by atoms with E-state index in [2.05, 4.69) is 5.32 Å². The molecular weight excluding hydrogens is 376 g/mol. The number of hydrogen-bond acceptors (Lipinski definition) is 6. The van der Waals surface area contributed by atoms with Gasteiger partial charge in [-0.3, -0.25) is 9.59 Å². The Morgan fingerprint density at radius 1 is 0.931 bits per heavy atom. The number of nitrogens with two attached hydrogens (primary N) is 1. The Kier molecular flexibility index (Phi) is 8.50. The summed E-state index contributed by atoms with van der Waals surface area (Å²) in [6, 6.07) is 15.2. The number of esters is 1. The number of hydrogen-bond donors (Lipinski definition) is 2. The number of amides is 2. The summed E-state index contributed by atoms with van der Waals surface area (Å²) in [6.07, 6.45) is -0.859. The highest BCUT2D eigenvalue weighted by molar-refractivity contribution is 5.84. The van der Waals surface area contributed by atoms with Gasteiger partial charge in [-0.15, -0.1) is 0 Å². The second-order valence-electron chi connectivity index (χ2n) is 6.21. The van der Waals surface area contributed by atoms with Crippen molar-refractivity contribution in [3.8, 4) is 5.75 Å². The summed E-state index contributed by atoms with van der Waals surface area (Å²) in [7, 11) is 1.56. The van der Waals surface area contributed by atoms with E-state index in [4.69, 9.17) is 19.9 Å². The van der Waals surface area contributed by atoms with Crippen molar-refractivity contribution < 1.29 is 28.6 Å². The van der Waals surface area contributed by atoms with E-state index in [-0.39, 0.29) is 26.1 Å². The Labute approximate surface area is 168 Å². The summed E-state index contributed by atoms with van der Waals surface area (Å²) in [5.41, 5.74) is 6.91. The maximum Gasteiger partial charge on any atom is 0.408 e. The molecule has 29 heavy (non-hydrogen) atoms. The third-order valence-electron chi connectivity index (χ3n) is 4.04. The third-order valence-corrected chi connectivity index (χ3v) is 4.04. The van der Waals surface area contributed by atoms with Gasteiger partial charge in [0.25, 0.3) is 0 Å². The van der Waals surface area contributed by atoms with Crippen LogP contribution in [0.2, 0.25) is 0 Å². The van der Waals surface area contributed by atoms with E-state index in [1.54, 1.807) is 31.4 Å². The highest BCUT2D eigenvalue weighted by Gasteiger charge is 2.20. The second kappa shape index (κ2) is 11.3. The summed E-state index contributed by atoms with van der Waals surface area (Å²) in [6.45, 7) is 0.151. The minimum atomic E-state index is -1.04. The number of nitrogens with one attached hydrogen (secondary N) is 1. The van der Waals surface area contributed by atoms with E-state index in [1.165, 1.54) is 0 Å². The van der Waals surface area contributed by atoms with Crippen LogP contribution in [-0.2, 0) is 32.3 Å². The first-order chi connectivity index (χ1) is 14.0. The number of alkyl carbamates (subject to hydrolysis) is 1. The lowest BCUT2D eigenvalue weighted by molar-refractivity contribution is -0.145. The lowest BCUT2D eigenvalue weighted by Crippen LogP contribution is -2.44. The molecule has 2 aromatic carbocycles. The van der Waals surface area contributed by atoms with Crippen molar-refractivity contribution in [2.75, 3.05) is 7.11 Å². The van der Waals surface area contributed by atoms with Gasteiger partial charge in [0.15, 0.2) is 0 Å². The van der Waals surface area contributed by atoms with E-state index < -0.39 is 24.0 Å². The predicted octanol–water partition coefficient (Wildman–Crippen LogP) is 2.30. The van der Waals surface area contributed by atoms with Crippen molar-refractivity contribution in [1.82, 2.24) is 5.32 Å². The van der Waals surface area contributed by atoms with Crippen molar-refractivity contribution in [2.45, 2.75) is 32.1 Å². The molecule has 0 aliphatic carbocycles. The maximum atomic E-state index is 11.9. The zero-order chi connectivity index (χ0) is 21.1. The molecule has 0 aliphatic heterocycles. The molecule has 0 fully saturated rings. The van der Waals surface area contributed by atoms with E-state index in [0.29, 0.717) is 5.75 Å². The monoisotopic (exact) mass is 400 g/mol. The fraction of sp³-hybridized carbons (Fsp3) is 0.286. The van der Waals surface area contributed by atoms with Crippen molar-refractivity contribution in [1.29, 1.82) is 0 Å². The molecule has 154 valence electrons. The van der Waals surface area contributed by atoms with Gasteiger partial charge >= 0.3 is 12.1 Å². The molecule has 8 heteroatoms. The van der Waals surface area contributed by atoms with Gasteiger partial charge in [-0.25, -0.2) is 4.79 Å². The van der Waals surface area contributed by atoms with E-state index in [0.717, 1.165) is 11.1 Å². The van der Waals surface area contributed by atoms with Crippen molar-refractivity contribution in [3.05, 3.63) is 65.7 Å². The summed E-state index contributed by atoms with van der Waals surface area (Å²) in [5.74, 6) is -0.568. The van der Waals surface area contributed by atoms with Crippen molar-refractivity contribution in [2.24, 2.45) is 5.73 Å². The zero-order valence-corrected chi connectivity index (χ0v) is 16.1. The number of rotatable bonds is 10. The van der Waals surface area contributed by atoms with Crippen LogP contribution in [0, 0.1) is 0 Å². The van der Waals surface area contributed by atoms with Crippen molar-refractivity contribution >= 4 is 18.0 Å². The van der Waals surface area contributed by atoms with Crippen LogP contribution in [0.3, 0.4) is 0 Å². The van der Waals surface area contributed by atoms with Crippen LogP contribution in [0.5, 0.6) is 5.75 Å². The number of methoxy groups -OCH3 is 1. The average molecular weight is 400 g/mol. The molecule has 2 aromatic rings. The number of carbonyl (C=O) groups is 3. The number of primary amides is 1. The Balaban J connectivity index is 1.74. The van der Waals surface area contributed by atoms with Crippen LogP contribution < -0.4 is 15.8 Å². The first kappa shape index (κ1) is 21.7. The van der Waals surface area contributed by atoms with Gasteiger partial charge < -0.3 is 25.3 Å². The molecule has 2 rings (SSSR count). The summed E-state index contributed by atoms with van der Waals surface area (Å²) >= 11 is 0. The minimum Gasteiger partial charge on any atom is -0.497 e. The molecule has 0 bridgehead atoms. The van der Waals surface area contributed by atoms with Crippen LogP contribution in [0.15, 0.2) is 54.6 Å². The smallest absolute Gasteiger partial charge is 0.408 e. The number of carbonyl (C=O) groups excluding carboxylic acids is 3. The fourth-order valence-corrected chi connectivity index (χ4v) is 2.41. The first-order valence-corrected chi connectivity index (χ1v) is 9.03. The zero-order valence-electron chi connectivity index (χ0n) is 16.1. The molecular formula is C21H24N2O6. The second-order valence-corrected chi connectivity index (χ2v) is 6.21. The maximum absolute atomic E-state index is 11.9. The van der Waals surface area contributed by atoms with E-state index in [9.17, 15) is 14.4 Å². The molecule has 0 saturated carbocycles. The van der Waals surface area contributed by atoms with Crippen LogP contribution in [-0.4, -0.2) is 31.1 Å². The molecule has 0 spiro atoms. The topological polar surface area (TPSA) is 117 Å². The normalized spacial score (nSPS) is 11.2. The summed E-state index contributed by atoms with van der Waals surface area (Å²) < 4.78 is 15.3. The van der Waals surface area contributed by atoms with Gasteiger partial charge in [-0.2, -0.15) is 0 Å². The molecule has 1 atom stereocenters. The largest absolute Gasteiger partial charge is 0.497 e. The summed E-state index contributed by atoms with van der Waals surface area (Å²) in [4.78, 5) is 35.3. The Morgan fingerprint density at radius 2 is 1.55 bits per heavy atom. The predicted molar refractivity (Wildman–Crippen MR) is 105 cm³/mol.